The number of benzene rings is 1. The summed E-state index contributed by atoms with van der Waals surface area (Å²) in [6.07, 6.45) is 3.10. The smallest absolute Gasteiger partial charge is 0.341 e. The third kappa shape index (κ3) is 6.27. The van der Waals surface area contributed by atoms with Crippen LogP contribution in [-0.4, -0.2) is 52.2 Å². The molecule has 1 amide bonds. The van der Waals surface area contributed by atoms with E-state index in [1.165, 1.54) is 35.1 Å². The van der Waals surface area contributed by atoms with Crippen molar-refractivity contribution in [1.82, 2.24) is 14.8 Å². The molecule has 0 radical (unpaired) electrons. The molecule has 1 N–H and O–H groups in total. The standard InChI is InChI=1S/C28H30N4O4S3/c1-4-21-12-19(14-37-21)25-30-31-28(32(25)13-20-6-5-11-36-20)39-16-23(33)29-26-24(27(34)35-3)22(15-38-26)18-9-7-17(2)8-10-18/h7-10,12,14-15,20H,4-6,11,13,16H2,1-3H3,(H,29,33). The summed E-state index contributed by atoms with van der Waals surface area (Å²) in [5.41, 5.74) is 4.14. The minimum atomic E-state index is -0.488. The Bertz CT molecular complexity index is 1450. The molecular weight excluding hydrogens is 553 g/mol. The van der Waals surface area contributed by atoms with E-state index in [1.807, 2.05) is 36.6 Å². The number of carbonyl (C=O) groups excluding carboxylic acids is 2. The van der Waals surface area contributed by atoms with E-state index < -0.39 is 5.97 Å². The summed E-state index contributed by atoms with van der Waals surface area (Å²) in [6, 6.07) is 10.0. The minimum absolute atomic E-state index is 0.103. The molecule has 1 atom stereocenters. The summed E-state index contributed by atoms with van der Waals surface area (Å²) >= 11 is 4.34. The maximum absolute atomic E-state index is 13.1. The van der Waals surface area contributed by atoms with E-state index in [-0.39, 0.29) is 17.8 Å². The van der Waals surface area contributed by atoms with Gasteiger partial charge in [0.15, 0.2) is 11.0 Å². The Balaban J connectivity index is 1.33. The van der Waals surface area contributed by atoms with Gasteiger partial charge in [-0.1, -0.05) is 48.5 Å². The summed E-state index contributed by atoms with van der Waals surface area (Å²) in [5.74, 6) is 0.182. The average molecular weight is 583 g/mol. The first-order valence-electron chi connectivity index (χ1n) is 12.8. The van der Waals surface area contributed by atoms with Crippen molar-refractivity contribution in [3.63, 3.8) is 0 Å². The number of thiophene rings is 2. The number of carbonyl (C=O) groups is 2. The van der Waals surface area contributed by atoms with Gasteiger partial charge >= 0.3 is 5.97 Å². The Morgan fingerprint density at radius 2 is 2.00 bits per heavy atom. The number of esters is 1. The number of aromatic nitrogens is 3. The highest BCUT2D eigenvalue weighted by atomic mass is 32.2. The van der Waals surface area contributed by atoms with Crippen LogP contribution in [0.15, 0.2) is 46.2 Å². The highest BCUT2D eigenvalue weighted by molar-refractivity contribution is 7.99. The van der Waals surface area contributed by atoms with Crippen molar-refractivity contribution in [2.75, 3.05) is 24.8 Å². The van der Waals surface area contributed by atoms with Gasteiger partial charge in [0, 0.05) is 33.4 Å². The van der Waals surface area contributed by atoms with Crippen LogP contribution in [0.25, 0.3) is 22.5 Å². The molecule has 1 aliphatic heterocycles. The van der Waals surface area contributed by atoms with Crippen LogP contribution >= 0.6 is 34.4 Å². The van der Waals surface area contributed by atoms with Crippen LogP contribution < -0.4 is 5.32 Å². The molecule has 8 nitrogen and oxygen atoms in total. The van der Waals surface area contributed by atoms with Gasteiger partial charge in [-0.15, -0.1) is 32.9 Å². The average Bonchev–Trinajstić information content (AvgIpc) is 3.75. The number of ether oxygens (including phenoxy) is 2. The van der Waals surface area contributed by atoms with Gasteiger partial charge in [-0.3, -0.25) is 9.36 Å². The number of hydrogen-bond donors (Lipinski definition) is 1. The zero-order valence-electron chi connectivity index (χ0n) is 22.1. The van der Waals surface area contributed by atoms with E-state index in [1.54, 1.807) is 11.3 Å². The highest BCUT2D eigenvalue weighted by Gasteiger charge is 2.25. The quantitative estimate of drug-likeness (QED) is 0.173. The lowest BCUT2D eigenvalue weighted by Crippen LogP contribution is -2.18. The molecule has 1 fully saturated rings. The minimum Gasteiger partial charge on any atom is -0.465 e. The Morgan fingerprint density at radius 3 is 2.69 bits per heavy atom. The van der Waals surface area contributed by atoms with Gasteiger partial charge in [-0.05, 0) is 37.8 Å². The molecule has 11 heteroatoms. The molecule has 0 aliphatic carbocycles. The molecule has 5 rings (SSSR count). The highest BCUT2D eigenvalue weighted by Crippen LogP contribution is 2.37. The lowest BCUT2D eigenvalue weighted by atomic mass is 10.0. The second kappa shape index (κ2) is 12.5. The number of thioether (sulfide) groups is 1. The van der Waals surface area contributed by atoms with Crippen molar-refractivity contribution in [3.8, 4) is 22.5 Å². The third-order valence-electron chi connectivity index (χ3n) is 6.52. The molecule has 1 saturated heterocycles. The number of nitrogens with one attached hydrogen (secondary N) is 1. The Morgan fingerprint density at radius 1 is 1.18 bits per heavy atom. The van der Waals surface area contributed by atoms with Crippen molar-refractivity contribution in [1.29, 1.82) is 0 Å². The van der Waals surface area contributed by atoms with E-state index >= 15 is 0 Å². The lowest BCUT2D eigenvalue weighted by Gasteiger charge is -2.14. The van der Waals surface area contributed by atoms with Gasteiger partial charge in [0.05, 0.1) is 25.5 Å². The maximum atomic E-state index is 13.1. The van der Waals surface area contributed by atoms with Crippen LogP contribution in [0.4, 0.5) is 5.00 Å². The van der Waals surface area contributed by atoms with Gasteiger partial charge in [0.1, 0.15) is 10.6 Å². The summed E-state index contributed by atoms with van der Waals surface area (Å²) in [4.78, 5) is 27.0. The number of anilines is 1. The number of methoxy groups -OCH3 is 1. The van der Waals surface area contributed by atoms with Gasteiger partial charge in [0.2, 0.25) is 5.91 Å². The number of amides is 1. The molecule has 0 saturated carbocycles. The van der Waals surface area contributed by atoms with Crippen molar-refractivity contribution in [3.05, 3.63) is 57.1 Å². The molecule has 1 aliphatic rings. The Hall–Kier alpha value is -2.99. The molecule has 39 heavy (non-hydrogen) atoms. The van der Waals surface area contributed by atoms with Gasteiger partial charge in [-0.2, -0.15) is 0 Å². The zero-order valence-corrected chi connectivity index (χ0v) is 24.5. The third-order valence-corrected chi connectivity index (χ3v) is 9.46. The fourth-order valence-electron chi connectivity index (χ4n) is 4.44. The number of rotatable bonds is 10. The van der Waals surface area contributed by atoms with E-state index in [4.69, 9.17) is 9.47 Å². The fraction of sp³-hybridized carbons (Fsp3) is 0.357. The normalized spacial score (nSPS) is 15.0. The maximum Gasteiger partial charge on any atom is 0.341 e. The van der Waals surface area contributed by atoms with Crippen LogP contribution in [0.5, 0.6) is 0 Å². The van der Waals surface area contributed by atoms with Crippen molar-refractivity contribution >= 4 is 51.3 Å². The van der Waals surface area contributed by atoms with Crippen molar-refractivity contribution in [2.45, 2.75) is 50.9 Å². The molecule has 0 bridgehead atoms. The monoisotopic (exact) mass is 582 g/mol. The van der Waals surface area contributed by atoms with Crippen LogP contribution in [0.2, 0.25) is 0 Å². The fourth-order valence-corrected chi connectivity index (χ4v) is 6.98. The number of nitrogens with zero attached hydrogens (tertiary/aromatic N) is 3. The Labute approximate surface area is 239 Å². The number of aryl methyl sites for hydroxylation is 2. The molecule has 4 heterocycles. The Kier molecular flexibility index (Phi) is 8.81. The second-order valence-corrected chi connectivity index (χ2v) is 12.1. The van der Waals surface area contributed by atoms with Crippen LogP contribution in [0.1, 0.15) is 40.6 Å². The molecule has 1 aromatic carbocycles. The predicted octanol–water partition coefficient (Wildman–Crippen LogP) is 6.30. The van der Waals surface area contributed by atoms with Gasteiger partial charge < -0.3 is 14.8 Å². The predicted molar refractivity (Wildman–Crippen MR) is 157 cm³/mol. The summed E-state index contributed by atoms with van der Waals surface area (Å²) in [6.45, 7) is 5.55. The first-order valence-corrected chi connectivity index (χ1v) is 15.5. The molecule has 3 aromatic heterocycles. The first-order chi connectivity index (χ1) is 19.0. The van der Waals surface area contributed by atoms with E-state index in [2.05, 4.69) is 38.5 Å². The van der Waals surface area contributed by atoms with Gasteiger partial charge in [0.25, 0.3) is 0 Å². The summed E-state index contributed by atoms with van der Waals surface area (Å²) < 4.78 is 13.0. The second-order valence-electron chi connectivity index (χ2n) is 9.26. The SMILES string of the molecule is CCc1cc(-c2nnc(SCC(=O)Nc3scc(-c4ccc(C)cc4)c3C(=O)OC)n2CC2CCCO2)cs1. The zero-order chi connectivity index (χ0) is 27.4. The van der Waals surface area contributed by atoms with E-state index in [0.717, 1.165) is 53.9 Å². The lowest BCUT2D eigenvalue weighted by molar-refractivity contribution is -0.113. The topological polar surface area (TPSA) is 95.3 Å². The van der Waals surface area contributed by atoms with Gasteiger partial charge in [-0.25, -0.2) is 4.79 Å². The van der Waals surface area contributed by atoms with Crippen LogP contribution in [0.3, 0.4) is 0 Å². The van der Waals surface area contributed by atoms with Crippen molar-refractivity contribution < 1.29 is 19.1 Å². The van der Waals surface area contributed by atoms with E-state index in [9.17, 15) is 9.59 Å². The molecule has 204 valence electrons. The number of hydrogen-bond acceptors (Lipinski definition) is 9. The molecule has 1 unspecified atom stereocenters. The van der Waals surface area contributed by atoms with Crippen molar-refractivity contribution in [2.24, 2.45) is 0 Å². The van der Waals surface area contributed by atoms with Crippen LogP contribution in [0, 0.1) is 6.92 Å². The molecule has 0 spiro atoms. The molecular formula is C28H30N4O4S3. The molecule has 4 aromatic rings. The first kappa shape index (κ1) is 27.6. The van der Waals surface area contributed by atoms with E-state index in [0.29, 0.717) is 22.3 Å². The summed E-state index contributed by atoms with van der Waals surface area (Å²) in [5, 5.41) is 16.9. The summed E-state index contributed by atoms with van der Waals surface area (Å²) in [7, 11) is 1.34. The largest absolute Gasteiger partial charge is 0.465 e. The van der Waals surface area contributed by atoms with Crippen LogP contribution in [-0.2, 0) is 27.2 Å².